The molecule has 0 aliphatic rings. The van der Waals surface area contributed by atoms with Gasteiger partial charge in [0, 0.05) is 26.6 Å². The lowest BCUT2D eigenvalue weighted by molar-refractivity contribution is -0.128. The van der Waals surface area contributed by atoms with Crippen LogP contribution in [0.25, 0.3) is 0 Å². The first-order chi connectivity index (χ1) is 6.07. The first-order valence-corrected chi connectivity index (χ1v) is 4.64. The van der Waals surface area contributed by atoms with Gasteiger partial charge in [0.05, 0.1) is 0 Å². The van der Waals surface area contributed by atoms with Crippen LogP contribution < -0.4 is 5.32 Å². The minimum Gasteiger partial charge on any atom is -0.349 e. The predicted octanol–water partition coefficient (Wildman–Crippen LogP) is 1.02. The highest BCUT2D eigenvalue weighted by atomic mass is 16.2. The van der Waals surface area contributed by atoms with Crippen LogP contribution in [0.1, 0.15) is 19.8 Å². The number of hydrogen-bond donors (Lipinski definition) is 1. The maximum Gasteiger partial charge on any atom is 0.222 e. The smallest absolute Gasteiger partial charge is 0.222 e. The van der Waals surface area contributed by atoms with Crippen molar-refractivity contribution in [2.45, 2.75) is 25.8 Å². The molecule has 0 radical (unpaired) electrons. The molecular weight excluding hydrogens is 164 g/mol. The zero-order valence-corrected chi connectivity index (χ0v) is 8.84. The summed E-state index contributed by atoms with van der Waals surface area (Å²) < 4.78 is 0. The Balaban J connectivity index is 3.35. The van der Waals surface area contributed by atoms with Crippen molar-refractivity contribution >= 4 is 5.91 Å². The third-order valence-corrected chi connectivity index (χ3v) is 1.89. The van der Waals surface area contributed by atoms with Crippen molar-refractivity contribution in [3.05, 3.63) is 12.7 Å². The molecule has 1 N–H and O–H groups in total. The van der Waals surface area contributed by atoms with E-state index in [9.17, 15) is 4.79 Å². The minimum absolute atomic E-state index is 0.188. The Bertz CT molecular complexity index is 166. The van der Waals surface area contributed by atoms with Gasteiger partial charge in [-0.15, -0.1) is 6.58 Å². The van der Waals surface area contributed by atoms with Crippen molar-refractivity contribution in [2.24, 2.45) is 0 Å². The average Bonchev–Trinajstić information content (AvgIpc) is 2.11. The Morgan fingerprint density at radius 1 is 1.62 bits per heavy atom. The van der Waals surface area contributed by atoms with E-state index < -0.39 is 0 Å². The third-order valence-electron chi connectivity index (χ3n) is 1.89. The molecule has 0 saturated heterocycles. The topological polar surface area (TPSA) is 32.3 Å². The van der Waals surface area contributed by atoms with Crippen molar-refractivity contribution in [1.29, 1.82) is 0 Å². The molecule has 76 valence electrons. The lowest BCUT2D eigenvalue weighted by Crippen LogP contribution is -2.27. The monoisotopic (exact) mass is 184 g/mol. The number of rotatable bonds is 6. The number of carbonyl (C=O) groups is 1. The van der Waals surface area contributed by atoms with E-state index in [0.717, 1.165) is 13.0 Å². The summed E-state index contributed by atoms with van der Waals surface area (Å²) in [4.78, 5) is 12.8. The molecular formula is C10H20N2O. The normalized spacial score (nSPS) is 12.2. The van der Waals surface area contributed by atoms with Gasteiger partial charge >= 0.3 is 0 Å². The number of hydrogen-bond acceptors (Lipinski definition) is 2. The molecule has 0 saturated carbocycles. The maximum absolute atomic E-state index is 11.1. The van der Waals surface area contributed by atoms with Crippen LogP contribution in [0.2, 0.25) is 0 Å². The van der Waals surface area contributed by atoms with Gasteiger partial charge in [0.25, 0.3) is 0 Å². The van der Waals surface area contributed by atoms with Gasteiger partial charge < -0.3 is 10.2 Å². The Labute approximate surface area is 80.8 Å². The Hall–Kier alpha value is -0.830. The van der Waals surface area contributed by atoms with Crippen LogP contribution in [-0.4, -0.2) is 37.5 Å². The van der Waals surface area contributed by atoms with Crippen molar-refractivity contribution in [3.63, 3.8) is 0 Å². The zero-order chi connectivity index (χ0) is 10.3. The average molecular weight is 184 g/mol. The molecule has 0 aromatic carbocycles. The zero-order valence-electron chi connectivity index (χ0n) is 8.84. The molecule has 1 atom stereocenters. The van der Waals surface area contributed by atoms with E-state index in [4.69, 9.17) is 0 Å². The van der Waals surface area contributed by atoms with Gasteiger partial charge in [-0.05, 0) is 19.9 Å². The van der Waals surface area contributed by atoms with Crippen molar-refractivity contribution in [2.75, 3.05) is 20.6 Å². The molecule has 0 bridgehead atoms. The molecule has 0 fully saturated rings. The first-order valence-electron chi connectivity index (χ1n) is 4.64. The van der Waals surface area contributed by atoms with E-state index in [2.05, 4.69) is 11.9 Å². The SMILES string of the molecule is C=CC(C)NCCCC(=O)N(C)C. The first kappa shape index (κ1) is 12.2. The van der Waals surface area contributed by atoms with Gasteiger partial charge in [-0.1, -0.05) is 6.08 Å². The molecule has 0 aliphatic carbocycles. The summed E-state index contributed by atoms with van der Waals surface area (Å²) in [5, 5.41) is 3.24. The maximum atomic E-state index is 11.1. The summed E-state index contributed by atoms with van der Waals surface area (Å²) >= 11 is 0. The second kappa shape index (κ2) is 6.66. The number of nitrogens with one attached hydrogen (secondary N) is 1. The number of nitrogens with zero attached hydrogens (tertiary/aromatic N) is 1. The fraction of sp³-hybridized carbons (Fsp3) is 0.700. The van der Waals surface area contributed by atoms with Gasteiger partial charge in [-0.25, -0.2) is 0 Å². The van der Waals surface area contributed by atoms with Gasteiger partial charge in [-0.3, -0.25) is 4.79 Å². The van der Waals surface area contributed by atoms with E-state index in [1.54, 1.807) is 19.0 Å². The second-order valence-electron chi connectivity index (χ2n) is 3.37. The van der Waals surface area contributed by atoms with E-state index in [1.165, 1.54) is 0 Å². The quantitative estimate of drug-likeness (QED) is 0.494. The lowest BCUT2D eigenvalue weighted by atomic mass is 10.2. The summed E-state index contributed by atoms with van der Waals surface area (Å²) in [7, 11) is 3.56. The van der Waals surface area contributed by atoms with Crippen molar-refractivity contribution < 1.29 is 4.79 Å². The summed E-state index contributed by atoms with van der Waals surface area (Å²) in [6.45, 7) is 6.58. The van der Waals surface area contributed by atoms with Crippen LogP contribution in [0.3, 0.4) is 0 Å². The number of amides is 1. The second-order valence-corrected chi connectivity index (χ2v) is 3.37. The van der Waals surface area contributed by atoms with Crippen LogP contribution >= 0.6 is 0 Å². The molecule has 0 spiro atoms. The van der Waals surface area contributed by atoms with Crippen molar-refractivity contribution in [1.82, 2.24) is 10.2 Å². The minimum atomic E-state index is 0.188. The van der Waals surface area contributed by atoms with Crippen LogP contribution in [0, 0.1) is 0 Å². The molecule has 1 unspecified atom stereocenters. The summed E-state index contributed by atoms with van der Waals surface area (Å²) in [6, 6.07) is 0.328. The Morgan fingerprint density at radius 2 is 2.23 bits per heavy atom. The van der Waals surface area contributed by atoms with Crippen LogP contribution in [0.4, 0.5) is 0 Å². The van der Waals surface area contributed by atoms with Crippen molar-refractivity contribution in [3.8, 4) is 0 Å². The highest BCUT2D eigenvalue weighted by Gasteiger charge is 2.02. The largest absolute Gasteiger partial charge is 0.349 e. The van der Waals surface area contributed by atoms with E-state index in [-0.39, 0.29) is 5.91 Å². The molecule has 13 heavy (non-hydrogen) atoms. The van der Waals surface area contributed by atoms with E-state index in [1.807, 2.05) is 13.0 Å². The fourth-order valence-corrected chi connectivity index (χ4v) is 0.876. The highest BCUT2D eigenvalue weighted by Crippen LogP contribution is 1.92. The molecule has 0 rings (SSSR count). The molecule has 3 heteroatoms. The fourth-order valence-electron chi connectivity index (χ4n) is 0.876. The number of carbonyl (C=O) groups excluding carboxylic acids is 1. The van der Waals surface area contributed by atoms with Gasteiger partial charge in [0.1, 0.15) is 0 Å². The molecule has 0 aromatic heterocycles. The highest BCUT2D eigenvalue weighted by molar-refractivity contribution is 5.75. The van der Waals surface area contributed by atoms with Gasteiger partial charge in [-0.2, -0.15) is 0 Å². The summed E-state index contributed by atoms with van der Waals surface area (Å²) in [5.41, 5.74) is 0. The lowest BCUT2D eigenvalue weighted by Gasteiger charge is -2.11. The summed E-state index contributed by atoms with van der Waals surface area (Å²) in [5.74, 6) is 0.188. The molecule has 0 heterocycles. The van der Waals surface area contributed by atoms with Gasteiger partial charge in [0.15, 0.2) is 0 Å². The summed E-state index contributed by atoms with van der Waals surface area (Å²) in [6.07, 6.45) is 3.35. The molecule has 3 nitrogen and oxygen atoms in total. The third kappa shape index (κ3) is 6.34. The van der Waals surface area contributed by atoms with Crippen LogP contribution in [-0.2, 0) is 4.79 Å². The molecule has 0 aliphatic heterocycles. The Kier molecular flexibility index (Phi) is 6.24. The van der Waals surface area contributed by atoms with Gasteiger partial charge in [0.2, 0.25) is 5.91 Å². The Morgan fingerprint density at radius 3 is 2.69 bits per heavy atom. The molecule has 0 aromatic rings. The standard InChI is InChI=1S/C10H20N2O/c1-5-9(2)11-8-6-7-10(13)12(3)4/h5,9,11H,1,6-8H2,2-4H3. The predicted molar refractivity (Wildman–Crippen MR) is 55.6 cm³/mol. The molecule has 1 amide bonds. The van der Waals surface area contributed by atoms with Crippen LogP contribution in [0.15, 0.2) is 12.7 Å². The van der Waals surface area contributed by atoms with E-state index >= 15 is 0 Å². The van der Waals surface area contributed by atoms with E-state index in [0.29, 0.717) is 12.5 Å². The van der Waals surface area contributed by atoms with Crippen LogP contribution in [0.5, 0.6) is 0 Å².